The number of non-ortho nitro benzene ring substituents is 2. The molecule has 29 heavy (non-hydrogen) atoms. The highest BCUT2D eigenvalue weighted by molar-refractivity contribution is 6.14. The van der Waals surface area contributed by atoms with Crippen LogP contribution < -0.4 is 0 Å². The van der Waals surface area contributed by atoms with Gasteiger partial charge in [-0.1, -0.05) is 12.1 Å². The number of hydrogen-bond donors (Lipinski definition) is 0. The number of nitro groups is 2. The topological polar surface area (TPSA) is 140 Å². The molecule has 0 saturated carbocycles. The molecule has 0 spiro atoms. The molecule has 3 rings (SSSR count). The standard InChI is InChI=1S/C20H11N3O6/c21-12-15(20(24)14-2-1-3-17(10-14)23(27)28)11-18-8-9-19(29-18)13-4-6-16(7-5-13)22(25)26/h1-11H/b15-11+. The molecule has 0 aliphatic heterocycles. The average molecular weight is 389 g/mol. The Labute approximate surface area is 163 Å². The number of benzene rings is 2. The number of allylic oxidation sites excluding steroid dienone is 1. The first-order chi connectivity index (χ1) is 13.9. The Kier molecular flexibility index (Phi) is 5.28. The zero-order valence-corrected chi connectivity index (χ0v) is 14.6. The summed E-state index contributed by atoms with van der Waals surface area (Å²) >= 11 is 0. The van der Waals surface area contributed by atoms with Gasteiger partial charge in [0.25, 0.3) is 11.4 Å². The molecule has 1 heterocycles. The Morgan fingerprint density at radius 1 is 0.966 bits per heavy atom. The summed E-state index contributed by atoms with van der Waals surface area (Å²) in [6, 6.07) is 15.7. The Balaban J connectivity index is 1.87. The summed E-state index contributed by atoms with van der Waals surface area (Å²) in [5.74, 6) is -0.0654. The minimum Gasteiger partial charge on any atom is -0.457 e. The van der Waals surface area contributed by atoms with Gasteiger partial charge in [-0.15, -0.1) is 0 Å². The minimum atomic E-state index is -0.676. The van der Waals surface area contributed by atoms with Crippen molar-refractivity contribution < 1.29 is 19.1 Å². The lowest BCUT2D eigenvalue weighted by Gasteiger charge is -1.99. The monoisotopic (exact) mass is 389 g/mol. The van der Waals surface area contributed by atoms with E-state index in [-0.39, 0.29) is 28.3 Å². The first-order valence-electron chi connectivity index (χ1n) is 8.14. The highest BCUT2D eigenvalue weighted by Gasteiger charge is 2.16. The summed E-state index contributed by atoms with van der Waals surface area (Å²) in [7, 11) is 0. The van der Waals surface area contributed by atoms with Crippen LogP contribution in [-0.2, 0) is 0 Å². The van der Waals surface area contributed by atoms with Crippen LogP contribution in [0.15, 0.2) is 70.7 Å². The van der Waals surface area contributed by atoms with Crippen molar-refractivity contribution in [2.45, 2.75) is 0 Å². The number of nitriles is 1. The number of nitrogens with zero attached hydrogens (tertiary/aromatic N) is 3. The van der Waals surface area contributed by atoms with E-state index in [0.717, 1.165) is 6.07 Å². The van der Waals surface area contributed by atoms with Crippen LogP contribution in [0.5, 0.6) is 0 Å². The molecular weight excluding hydrogens is 378 g/mol. The third-order valence-electron chi connectivity index (χ3n) is 3.96. The number of carbonyl (C=O) groups is 1. The van der Waals surface area contributed by atoms with Gasteiger partial charge in [-0.25, -0.2) is 0 Å². The number of Topliss-reactive ketones (excluding diaryl/α,β-unsaturated/α-hetero) is 1. The third-order valence-corrected chi connectivity index (χ3v) is 3.96. The lowest BCUT2D eigenvalue weighted by atomic mass is 10.0. The van der Waals surface area contributed by atoms with Crippen molar-refractivity contribution in [2.24, 2.45) is 0 Å². The van der Waals surface area contributed by atoms with Gasteiger partial charge < -0.3 is 4.42 Å². The van der Waals surface area contributed by atoms with Crippen LogP contribution in [0, 0.1) is 31.6 Å². The van der Waals surface area contributed by atoms with Crippen molar-refractivity contribution >= 4 is 23.2 Å². The molecule has 0 atom stereocenters. The Hall–Kier alpha value is -4.58. The van der Waals surface area contributed by atoms with Gasteiger partial charge in [-0.3, -0.25) is 25.0 Å². The molecule has 0 aliphatic carbocycles. The fourth-order valence-electron chi connectivity index (χ4n) is 2.54. The molecular formula is C20H11N3O6. The maximum atomic E-state index is 12.5. The SMILES string of the molecule is N#C/C(=C\c1ccc(-c2ccc([N+](=O)[O-])cc2)o1)C(=O)c1cccc([N+](=O)[O-])c1. The molecule has 0 bridgehead atoms. The number of nitro benzene ring substituents is 2. The van der Waals surface area contributed by atoms with Crippen LogP contribution in [0.1, 0.15) is 16.1 Å². The molecule has 1 aromatic heterocycles. The Bertz CT molecular complexity index is 1190. The molecule has 0 saturated heterocycles. The highest BCUT2D eigenvalue weighted by atomic mass is 16.6. The van der Waals surface area contributed by atoms with Crippen LogP contribution in [-0.4, -0.2) is 15.6 Å². The van der Waals surface area contributed by atoms with E-state index in [0.29, 0.717) is 11.3 Å². The van der Waals surface area contributed by atoms with Gasteiger partial charge in [0.2, 0.25) is 5.78 Å². The predicted molar refractivity (Wildman–Crippen MR) is 102 cm³/mol. The molecule has 0 unspecified atom stereocenters. The number of hydrogen-bond acceptors (Lipinski definition) is 7. The van der Waals surface area contributed by atoms with E-state index < -0.39 is 15.6 Å². The van der Waals surface area contributed by atoms with Crippen molar-refractivity contribution in [2.75, 3.05) is 0 Å². The van der Waals surface area contributed by atoms with Crippen LogP contribution in [0.25, 0.3) is 17.4 Å². The van der Waals surface area contributed by atoms with E-state index in [1.54, 1.807) is 12.1 Å². The average Bonchev–Trinajstić information content (AvgIpc) is 3.20. The number of carbonyl (C=O) groups excluding carboxylic acids is 1. The van der Waals surface area contributed by atoms with Gasteiger partial charge in [0, 0.05) is 41.5 Å². The van der Waals surface area contributed by atoms with Crippen LogP contribution in [0.2, 0.25) is 0 Å². The first-order valence-corrected chi connectivity index (χ1v) is 8.14. The normalized spacial score (nSPS) is 10.9. The van der Waals surface area contributed by atoms with E-state index in [1.165, 1.54) is 54.6 Å². The van der Waals surface area contributed by atoms with Crippen molar-refractivity contribution in [3.05, 3.63) is 97.8 Å². The molecule has 9 heteroatoms. The van der Waals surface area contributed by atoms with Crippen molar-refractivity contribution in [3.8, 4) is 17.4 Å². The van der Waals surface area contributed by atoms with Crippen molar-refractivity contribution in [3.63, 3.8) is 0 Å². The van der Waals surface area contributed by atoms with E-state index in [4.69, 9.17) is 4.42 Å². The minimum absolute atomic E-state index is 0.00847. The summed E-state index contributed by atoms with van der Waals surface area (Å²) in [5, 5.41) is 30.9. The van der Waals surface area contributed by atoms with Gasteiger partial charge in [0.05, 0.1) is 9.85 Å². The Morgan fingerprint density at radius 2 is 1.66 bits per heavy atom. The Morgan fingerprint density at radius 3 is 2.28 bits per heavy atom. The predicted octanol–water partition coefficient (Wildman–Crippen LogP) is 4.55. The quantitative estimate of drug-likeness (QED) is 0.198. The molecule has 3 aromatic rings. The molecule has 0 amide bonds. The first kappa shape index (κ1) is 19.2. The zero-order valence-electron chi connectivity index (χ0n) is 14.6. The van der Waals surface area contributed by atoms with E-state index in [1.807, 2.05) is 0 Å². The van der Waals surface area contributed by atoms with E-state index >= 15 is 0 Å². The lowest BCUT2D eigenvalue weighted by Crippen LogP contribution is -2.02. The number of furan rings is 1. The number of rotatable bonds is 6. The van der Waals surface area contributed by atoms with Gasteiger partial charge in [0.15, 0.2) is 0 Å². The fraction of sp³-hybridized carbons (Fsp3) is 0. The third kappa shape index (κ3) is 4.23. The smallest absolute Gasteiger partial charge is 0.270 e. The van der Waals surface area contributed by atoms with Gasteiger partial charge in [-0.2, -0.15) is 5.26 Å². The maximum Gasteiger partial charge on any atom is 0.270 e. The highest BCUT2D eigenvalue weighted by Crippen LogP contribution is 2.26. The van der Waals surface area contributed by atoms with E-state index in [9.17, 15) is 30.3 Å². The summed E-state index contributed by atoms with van der Waals surface area (Å²) < 4.78 is 5.59. The summed E-state index contributed by atoms with van der Waals surface area (Å²) in [4.78, 5) is 33.0. The second-order valence-corrected chi connectivity index (χ2v) is 5.81. The molecule has 0 radical (unpaired) electrons. The molecule has 0 N–H and O–H groups in total. The summed E-state index contributed by atoms with van der Waals surface area (Å²) in [5.41, 5.74) is 0.0179. The molecule has 0 aliphatic rings. The second-order valence-electron chi connectivity index (χ2n) is 5.81. The molecule has 2 aromatic carbocycles. The largest absolute Gasteiger partial charge is 0.457 e. The fourth-order valence-corrected chi connectivity index (χ4v) is 2.54. The zero-order chi connectivity index (χ0) is 21.0. The summed E-state index contributed by atoms with van der Waals surface area (Å²) in [6.07, 6.45) is 1.23. The lowest BCUT2D eigenvalue weighted by molar-refractivity contribution is -0.385. The van der Waals surface area contributed by atoms with Gasteiger partial charge >= 0.3 is 0 Å². The maximum absolute atomic E-state index is 12.5. The van der Waals surface area contributed by atoms with Crippen LogP contribution >= 0.6 is 0 Å². The molecule has 0 fully saturated rings. The number of ketones is 1. The summed E-state index contributed by atoms with van der Waals surface area (Å²) in [6.45, 7) is 0. The second kappa shape index (κ2) is 7.98. The van der Waals surface area contributed by atoms with E-state index in [2.05, 4.69) is 0 Å². The van der Waals surface area contributed by atoms with Crippen LogP contribution in [0.3, 0.4) is 0 Å². The van der Waals surface area contributed by atoms with Crippen molar-refractivity contribution in [1.29, 1.82) is 5.26 Å². The molecule has 9 nitrogen and oxygen atoms in total. The van der Waals surface area contributed by atoms with Gasteiger partial charge in [0.1, 0.15) is 23.2 Å². The van der Waals surface area contributed by atoms with Crippen molar-refractivity contribution in [1.82, 2.24) is 0 Å². The molecule has 142 valence electrons. The van der Waals surface area contributed by atoms with Gasteiger partial charge in [-0.05, 0) is 24.3 Å². The van der Waals surface area contributed by atoms with Crippen LogP contribution in [0.4, 0.5) is 11.4 Å².